The molecule has 1 aromatic carbocycles. The Balaban J connectivity index is 0.000000133. The molecule has 6 saturated heterocycles. The molecular weight excluding hydrogens is 823 g/mol. The van der Waals surface area contributed by atoms with Gasteiger partial charge in [0.25, 0.3) is 0 Å². The minimum Gasteiger partial charge on any atom is -0.467 e. The van der Waals surface area contributed by atoms with Crippen LogP contribution in [-0.2, 0) is 35.7 Å². The second kappa shape index (κ2) is 21.7. The summed E-state index contributed by atoms with van der Waals surface area (Å²) in [6.45, 7) is 7.93. The summed E-state index contributed by atoms with van der Waals surface area (Å²) in [7, 11) is 0. The van der Waals surface area contributed by atoms with Crippen LogP contribution in [-0.4, -0.2) is 101 Å². The number of thiophene rings is 1. The van der Waals surface area contributed by atoms with Crippen LogP contribution in [0.2, 0.25) is 0 Å². The van der Waals surface area contributed by atoms with Crippen molar-refractivity contribution in [2.45, 2.75) is 95.8 Å². The van der Waals surface area contributed by atoms with Crippen molar-refractivity contribution < 1.29 is 42.2 Å². The van der Waals surface area contributed by atoms with Crippen molar-refractivity contribution in [1.29, 1.82) is 0 Å². The van der Waals surface area contributed by atoms with Crippen molar-refractivity contribution in [1.82, 2.24) is 19.6 Å². The fourth-order valence-electron chi connectivity index (χ4n) is 9.41. The van der Waals surface area contributed by atoms with Gasteiger partial charge in [-0.25, -0.2) is 14.4 Å². The molecule has 12 rings (SSSR count). The van der Waals surface area contributed by atoms with Gasteiger partial charge in [0.15, 0.2) is 0 Å². The molecule has 1 saturated carbocycles. The van der Waals surface area contributed by atoms with E-state index in [-0.39, 0.29) is 37.5 Å². The molecule has 6 aliphatic heterocycles. The summed E-state index contributed by atoms with van der Waals surface area (Å²) in [5.41, 5.74) is 0.820. The number of carbonyl (C=O) groups is 3. The summed E-state index contributed by atoms with van der Waals surface area (Å²) < 4.78 is 27.5. The minimum absolute atomic E-state index is 0.00260. The van der Waals surface area contributed by atoms with Crippen molar-refractivity contribution in [3.8, 4) is 0 Å². The Bertz CT molecular complexity index is 2060. The van der Waals surface area contributed by atoms with Crippen LogP contribution in [0.5, 0.6) is 0 Å². The zero-order chi connectivity index (χ0) is 43.4. The number of para-hydroxylation sites is 1. The summed E-state index contributed by atoms with van der Waals surface area (Å²) in [6, 6.07) is 24.8. The number of carboxylic acid groups (broad SMARTS) is 1. The van der Waals surface area contributed by atoms with Gasteiger partial charge in [-0.05, 0) is 137 Å². The smallest absolute Gasteiger partial charge is 0.415 e. The summed E-state index contributed by atoms with van der Waals surface area (Å²) in [5.74, 6) is 3.03. The maximum Gasteiger partial charge on any atom is 0.415 e. The third-order valence-electron chi connectivity index (χ3n) is 12.9. The van der Waals surface area contributed by atoms with E-state index in [2.05, 4.69) is 27.3 Å². The number of fused-ring (bicyclic) bond motifs is 6. The minimum atomic E-state index is -1.01. The SMILES string of the molecule is O=C(O)N(Cc1ccco1)Cc1ccco1.O=C(O[C@H]1CN2CCC1CC2)N(Cc1ccco1)c1ccccc1.O=C(O[C@H]1CN2CCC1CC2)N(Cc1cccs1)C1CCCC1. The summed E-state index contributed by atoms with van der Waals surface area (Å²) in [5, 5.41) is 11.1. The predicted octanol–water partition coefficient (Wildman–Crippen LogP) is 9.79. The monoisotopic (exact) mass is 881 g/mol. The fraction of sp³-hybridized carbons (Fsp3) is 0.479. The first-order chi connectivity index (χ1) is 30.8. The molecule has 5 aromatic rings. The van der Waals surface area contributed by atoms with Gasteiger partial charge in [-0.3, -0.25) is 19.6 Å². The van der Waals surface area contributed by atoms with Crippen LogP contribution in [0.4, 0.5) is 20.1 Å². The number of furan rings is 3. The third-order valence-corrected chi connectivity index (χ3v) is 13.8. The van der Waals surface area contributed by atoms with Crippen LogP contribution in [0.25, 0.3) is 0 Å². The Morgan fingerprint density at radius 2 is 1.14 bits per heavy atom. The third kappa shape index (κ3) is 12.2. The quantitative estimate of drug-likeness (QED) is 0.128. The molecule has 1 aliphatic carbocycles. The number of anilines is 1. The van der Waals surface area contributed by atoms with E-state index in [1.165, 1.54) is 61.1 Å². The highest BCUT2D eigenvalue weighted by molar-refractivity contribution is 7.09. The molecule has 15 heteroatoms. The zero-order valence-electron chi connectivity index (χ0n) is 35.8. The molecule has 336 valence electrons. The van der Waals surface area contributed by atoms with Gasteiger partial charge in [0, 0.05) is 29.7 Å². The van der Waals surface area contributed by atoms with Gasteiger partial charge in [-0.15, -0.1) is 11.3 Å². The van der Waals surface area contributed by atoms with Gasteiger partial charge in [-0.1, -0.05) is 37.1 Å². The van der Waals surface area contributed by atoms with E-state index in [0.717, 1.165) is 63.3 Å². The lowest BCUT2D eigenvalue weighted by atomic mass is 9.86. The molecule has 0 radical (unpaired) electrons. The lowest BCUT2D eigenvalue weighted by molar-refractivity contribution is -0.0474. The molecule has 3 amide bonds. The number of hydrogen-bond donors (Lipinski definition) is 1. The topological polar surface area (TPSA) is 146 Å². The van der Waals surface area contributed by atoms with Gasteiger partial charge in [0.05, 0.1) is 45.0 Å². The average Bonchev–Trinajstić information content (AvgIpc) is 4.18. The van der Waals surface area contributed by atoms with E-state index in [4.69, 9.17) is 27.8 Å². The maximum absolute atomic E-state index is 12.9. The highest BCUT2D eigenvalue weighted by Crippen LogP contribution is 2.33. The molecule has 0 spiro atoms. The molecule has 1 N–H and O–H groups in total. The predicted molar refractivity (Wildman–Crippen MR) is 237 cm³/mol. The molecular formula is C48H59N5O9S. The number of benzene rings is 1. The van der Waals surface area contributed by atoms with E-state index in [1.807, 2.05) is 47.4 Å². The largest absolute Gasteiger partial charge is 0.467 e. The molecule has 14 nitrogen and oxygen atoms in total. The van der Waals surface area contributed by atoms with Crippen molar-refractivity contribution in [2.75, 3.05) is 44.2 Å². The number of nitrogens with zero attached hydrogens (tertiary/aromatic N) is 5. The Labute approximate surface area is 372 Å². The van der Waals surface area contributed by atoms with E-state index in [9.17, 15) is 14.4 Å². The second-order valence-electron chi connectivity index (χ2n) is 17.1. The average molecular weight is 882 g/mol. The number of hydrogen-bond acceptors (Lipinski definition) is 11. The number of amides is 3. The standard InChI is InChI=1S/C19H22N2O3.C18H26N2O2S.C11H11NO4/c22-19(24-18-14-20-10-8-15(18)9-11-20)21(13-17-7-4-12-23-17)16-5-2-1-3-6-16;21-18(22-17-13-19-9-7-14(17)8-10-19)20(15-4-1-2-5-15)12-16-6-3-11-23-16;13-11(14)12(7-9-3-1-5-15-9)8-10-4-2-6-16-10/h1-7,12,15,18H,8-11,13-14H2;3,6,11,14-15,17H,1-2,4-5,7-10,12-13H2;1-6H,7-8H2,(H,13,14)/t18-;17-;/m00./s1. The first kappa shape index (κ1) is 44.1. The van der Waals surface area contributed by atoms with Crippen molar-refractivity contribution in [3.63, 3.8) is 0 Å². The molecule has 63 heavy (non-hydrogen) atoms. The van der Waals surface area contributed by atoms with E-state index in [1.54, 1.807) is 46.8 Å². The second-order valence-corrected chi connectivity index (χ2v) is 18.1. The summed E-state index contributed by atoms with van der Waals surface area (Å²) in [6.07, 6.45) is 12.7. The Kier molecular flexibility index (Phi) is 15.2. The molecule has 7 aliphatic rings. The number of rotatable bonds is 12. The number of piperidine rings is 6. The number of carbonyl (C=O) groups excluding carboxylic acids is 2. The van der Waals surface area contributed by atoms with Crippen molar-refractivity contribution >= 4 is 35.3 Å². The lowest BCUT2D eigenvalue weighted by Gasteiger charge is -2.44. The fourth-order valence-corrected chi connectivity index (χ4v) is 10.1. The van der Waals surface area contributed by atoms with Gasteiger partial charge in [-0.2, -0.15) is 0 Å². The Morgan fingerprint density at radius 1 is 0.619 bits per heavy atom. The van der Waals surface area contributed by atoms with E-state index in [0.29, 0.717) is 42.5 Å². The van der Waals surface area contributed by atoms with Crippen LogP contribution in [0.3, 0.4) is 0 Å². The van der Waals surface area contributed by atoms with Crippen LogP contribution in [0.1, 0.15) is 73.5 Å². The molecule has 10 heterocycles. The van der Waals surface area contributed by atoms with Crippen LogP contribution in [0, 0.1) is 11.8 Å². The van der Waals surface area contributed by atoms with E-state index >= 15 is 0 Å². The van der Waals surface area contributed by atoms with E-state index < -0.39 is 6.09 Å². The van der Waals surface area contributed by atoms with Gasteiger partial charge < -0.3 is 32.7 Å². The maximum atomic E-state index is 12.9. The molecule has 0 unspecified atom stereocenters. The molecule has 2 atom stereocenters. The number of ether oxygens (including phenoxy) is 2. The van der Waals surface area contributed by atoms with Crippen molar-refractivity contribution in [3.05, 3.63) is 125 Å². The first-order valence-electron chi connectivity index (χ1n) is 22.4. The van der Waals surface area contributed by atoms with Gasteiger partial charge >= 0.3 is 18.3 Å². The Morgan fingerprint density at radius 3 is 1.59 bits per heavy atom. The van der Waals surface area contributed by atoms with Crippen LogP contribution >= 0.6 is 11.3 Å². The summed E-state index contributed by atoms with van der Waals surface area (Å²) >= 11 is 1.73. The highest BCUT2D eigenvalue weighted by atomic mass is 32.1. The Hall–Kier alpha value is -5.51. The first-order valence-corrected chi connectivity index (χ1v) is 23.2. The van der Waals surface area contributed by atoms with Crippen LogP contribution in [0.15, 0.2) is 116 Å². The molecule has 4 aromatic heterocycles. The van der Waals surface area contributed by atoms with Gasteiger partial charge in [0.1, 0.15) is 29.5 Å². The van der Waals surface area contributed by atoms with Crippen molar-refractivity contribution in [2.24, 2.45) is 11.8 Å². The highest BCUT2D eigenvalue weighted by Gasteiger charge is 2.39. The normalized spacial score (nSPS) is 23.4. The lowest BCUT2D eigenvalue weighted by Crippen LogP contribution is -2.53. The molecule has 7 fully saturated rings. The molecule has 4 bridgehead atoms. The van der Waals surface area contributed by atoms with Crippen LogP contribution < -0.4 is 4.90 Å². The summed E-state index contributed by atoms with van der Waals surface area (Å²) in [4.78, 5) is 47.7. The zero-order valence-corrected chi connectivity index (χ0v) is 36.6. The van der Waals surface area contributed by atoms with Gasteiger partial charge in [0.2, 0.25) is 0 Å².